The standard InChI is InChI=1S/C11H11NO3/c1-8(13)15-10(7-12)11(14)9-5-3-2-4-6-9/h2-7,10,12H,1H3. The number of esters is 1. The maximum Gasteiger partial charge on any atom is 0.303 e. The molecular formula is C11H11NO3. The summed E-state index contributed by atoms with van der Waals surface area (Å²) in [5, 5.41) is 7.01. The lowest BCUT2D eigenvalue weighted by Crippen LogP contribution is -2.27. The first-order valence-corrected chi connectivity index (χ1v) is 4.42. The molecule has 0 aliphatic carbocycles. The molecule has 1 aromatic carbocycles. The van der Waals surface area contributed by atoms with Crippen LogP contribution in [-0.2, 0) is 9.53 Å². The van der Waals surface area contributed by atoms with E-state index >= 15 is 0 Å². The minimum absolute atomic E-state index is 0.388. The van der Waals surface area contributed by atoms with Crippen LogP contribution in [0.1, 0.15) is 17.3 Å². The number of ketones is 1. The van der Waals surface area contributed by atoms with Crippen LogP contribution in [0.25, 0.3) is 0 Å². The summed E-state index contributed by atoms with van der Waals surface area (Å²) in [6, 6.07) is 8.43. The van der Waals surface area contributed by atoms with Gasteiger partial charge in [-0.2, -0.15) is 0 Å². The first-order chi connectivity index (χ1) is 7.15. The van der Waals surface area contributed by atoms with Crippen molar-refractivity contribution in [2.24, 2.45) is 0 Å². The van der Waals surface area contributed by atoms with Crippen LogP contribution < -0.4 is 0 Å². The number of hydrogen-bond acceptors (Lipinski definition) is 4. The number of rotatable bonds is 4. The number of carbonyl (C=O) groups excluding carboxylic acids is 2. The van der Waals surface area contributed by atoms with E-state index in [4.69, 9.17) is 5.41 Å². The molecule has 0 aromatic heterocycles. The second-order valence-electron chi connectivity index (χ2n) is 2.93. The molecule has 4 heteroatoms. The zero-order valence-corrected chi connectivity index (χ0v) is 8.27. The lowest BCUT2D eigenvalue weighted by molar-refractivity contribution is -0.141. The van der Waals surface area contributed by atoms with Crippen molar-refractivity contribution >= 4 is 18.0 Å². The molecule has 0 aliphatic heterocycles. The molecule has 0 saturated heterocycles. The van der Waals surface area contributed by atoms with Gasteiger partial charge in [-0.15, -0.1) is 0 Å². The first kappa shape index (κ1) is 11.1. The number of benzene rings is 1. The SMILES string of the molecule is CC(=O)OC(C=N)C(=O)c1ccccc1. The Labute approximate surface area is 87.4 Å². The summed E-state index contributed by atoms with van der Waals surface area (Å²) < 4.78 is 4.68. The minimum Gasteiger partial charge on any atom is -0.448 e. The van der Waals surface area contributed by atoms with Gasteiger partial charge in [0.2, 0.25) is 5.78 Å². The van der Waals surface area contributed by atoms with E-state index in [0.717, 1.165) is 6.21 Å². The molecule has 4 nitrogen and oxygen atoms in total. The molecule has 0 saturated carbocycles. The molecule has 1 rings (SSSR count). The molecule has 78 valence electrons. The van der Waals surface area contributed by atoms with E-state index in [1.54, 1.807) is 30.3 Å². The Morgan fingerprint density at radius 2 is 1.93 bits per heavy atom. The predicted molar refractivity (Wildman–Crippen MR) is 55.1 cm³/mol. The average molecular weight is 205 g/mol. The number of Topliss-reactive ketones (excluding diaryl/α,β-unsaturated/α-hetero) is 1. The monoisotopic (exact) mass is 205 g/mol. The second kappa shape index (κ2) is 5.05. The van der Waals surface area contributed by atoms with Crippen molar-refractivity contribution in [2.45, 2.75) is 13.0 Å². The van der Waals surface area contributed by atoms with Crippen LogP contribution in [0.4, 0.5) is 0 Å². The van der Waals surface area contributed by atoms with Crippen LogP contribution >= 0.6 is 0 Å². The summed E-state index contributed by atoms with van der Waals surface area (Å²) in [5.41, 5.74) is 0.423. The highest BCUT2D eigenvalue weighted by Crippen LogP contribution is 2.05. The van der Waals surface area contributed by atoms with Crippen LogP contribution in [0.15, 0.2) is 30.3 Å². The molecule has 0 heterocycles. The van der Waals surface area contributed by atoms with E-state index in [-0.39, 0.29) is 5.78 Å². The van der Waals surface area contributed by atoms with Crippen LogP contribution in [0.5, 0.6) is 0 Å². The zero-order valence-electron chi connectivity index (χ0n) is 8.27. The summed E-state index contributed by atoms with van der Waals surface area (Å²) in [7, 11) is 0. The Balaban J connectivity index is 2.82. The van der Waals surface area contributed by atoms with Crippen LogP contribution in [0, 0.1) is 5.41 Å². The van der Waals surface area contributed by atoms with Crippen molar-refractivity contribution in [3.05, 3.63) is 35.9 Å². The van der Waals surface area contributed by atoms with Gasteiger partial charge >= 0.3 is 5.97 Å². The maximum atomic E-state index is 11.7. The lowest BCUT2D eigenvalue weighted by atomic mass is 10.1. The van der Waals surface area contributed by atoms with Crippen molar-refractivity contribution in [1.29, 1.82) is 5.41 Å². The smallest absolute Gasteiger partial charge is 0.303 e. The highest BCUT2D eigenvalue weighted by atomic mass is 16.5. The van der Waals surface area contributed by atoms with Crippen LogP contribution in [0.3, 0.4) is 0 Å². The number of carbonyl (C=O) groups is 2. The molecule has 0 amide bonds. The van der Waals surface area contributed by atoms with Gasteiger partial charge in [0.25, 0.3) is 0 Å². The fourth-order valence-electron chi connectivity index (χ4n) is 1.11. The normalized spacial score (nSPS) is 11.5. The Hall–Kier alpha value is -1.97. The zero-order chi connectivity index (χ0) is 11.3. The van der Waals surface area contributed by atoms with Crippen molar-refractivity contribution in [1.82, 2.24) is 0 Å². The summed E-state index contributed by atoms with van der Waals surface area (Å²) in [4.78, 5) is 22.4. The van der Waals surface area contributed by atoms with Gasteiger partial charge < -0.3 is 10.1 Å². The summed E-state index contributed by atoms with van der Waals surface area (Å²) in [6.45, 7) is 1.20. The van der Waals surface area contributed by atoms with Crippen molar-refractivity contribution in [3.8, 4) is 0 Å². The van der Waals surface area contributed by atoms with E-state index in [2.05, 4.69) is 4.74 Å². The highest BCUT2D eigenvalue weighted by molar-refractivity contribution is 6.08. The molecule has 1 N–H and O–H groups in total. The summed E-state index contributed by atoms with van der Waals surface area (Å²) in [6.07, 6.45) is -0.304. The quantitative estimate of drug-likeness (QED) is 0.459. The Morgan fingerprint density at radius 3 is 2.40 bits per heavy atom. The second-order valence-corrected chi connectivity index (χ2v) is 2.93. The molecule has 1 aromatic rings. The van der Waals surface area contributed by atoms with Crippen molar-refractivity contribution in [2.75, 3.05) is 0 Å². The van der Waals surface area contributed by atoms with Crippen LogP contribution in [-0.4, -0.2) is 24.1 Å². The largest absolute Gasteiger partial charge is 0.448 e. The van der Waals surface area contributed by atoms with E-state index in [0.29, 0.717) is 5.56 Å². The van der Waals surface area contributed by atoms with Gasteiger partial charge in [0.15, 0.2) is 6.10 Å². The van der Waals surface area contributed by atoms with E-state index in [9.17, 15) is 9.59 Å². The topological polar surface area (TPSA) is 67.2 Å². The molecular weight excluding hydrogens is 194 g/mol. The Kier molecular flexibility index (Phi) is 3.74. The fraction of sp³-hybridized carbons (Fsp3) is 0.182. The van der Waals surface area contributed by atoms with Gasteiger partial charge in [0.1, 0.15) is 0 Å². The third kappa shape index (κ3) is 3.02. The van der Waals surface area contributed by atoms with Gasteiger partial charge in [-0.3, -0.25) is 9.59 Å². The Morgan fingerprint density at radius 1 is 1.33 bits per heavy atom. The molecule has 15 heavy (non-hydrogen) atoms. The van der Waals surface area contributed by atoms with Crippen LogP contribution in [0.2, 0.25) is 0 Å². The van der Waals surface area contributed by atoms with Crippen molar-refractivity contribution < 1.29 is 14.3 Å². The molecule has 1 unspecified atom stereocenters. The van der Waals surface area contributed by atoms with Crippen molar-refractivity contribution in [3.63, 3.8) is 0 Å². The molecule has 0 radical (unpaired) electrons. The molecule has 0 aliphatic rings. The molecule has 0 fully saturated rings. The molecule has 1 atom stereocenters. The molecule has 0 spiro atoms. The summed E-state index contributed by atoms with van der Waals surface area (Å²) in [5.74, 6) is -0.964. The van der Waals surface area contributed by atoms with Gasteiger partial charge in [-0.05, 0) is 0 Å². The predicted octanol–water partition coefficient (Wildman–Crippen LogP) is 1.45. The summed E-state index contributed by atoms with van der Waals surface area (Å²) >= 11 is 0. The average Bonchev–Trinajstić information content (AvgIpc) is 2.26. The number of hydrogen-bond donors (Lipinski definition) is 1. The minimum atomic E-state index is -1.12. The van der Waals surface area contributed by atoms with E-state index < -0.39 is 12.1 Å². The van der Waals surface area contributed by atoms with E-state index in [1.165, 1.54) is 6.92 Å². The maximum absolute atomic E-state index is 11.7. The third-order valence-electron chi connectivity index (χ3n) is 1.76. The number of ether oxygens (including phenoxy) is 1. The third-order valence-corrected chi connectivity index (χ3v) is 1.76. The Bertz CT molecular complexity index is 373. The number of nitrogens with one attached hydrogen (secondary N) is 1. The van der Waals surface area contributed by atoms with Gasteiger partial charge in [-0.1, -0.05) is 30.3 Å². The highest BCUT2D eigenvalue weighted by Gasteiger charge is 2.19. The first-order valence-electron chi connectivity index (χ1n) is 4.42. The van der Waals surface area contributed by atoms with Gasteiger partial charge in [0.05, 0.1) is 0 Å². The van der Waals surface area contributed by atoms with Gasteiger partial charge in [-0.25, -0.2) is 0 Å². The lowest BCUT2D eigenvalue weighted by Gasteiger charge is -2.10. The van der Waals surface area contributed by atoms with E-state index in [1.807, 2.05) is 0 Å². The fourth-order valence-corrected chi connectivity index (χ4v) is 1.11. The van der Waals surface area contributed by atoms with Gasteiger partial charge in [0, 0.05) is 18.7 Å². The molecule has 0 bridgehead atoms.